The zero-order valence-corrected chi connectivity index (χ0v) is 11.9. The number of hydrogen-bond donors (Lipinski definition) is 3. The first-order chi connectivity index (χ1) is 8.34. The van der Waals surface area contributed by atoms with Gasteiger partial charge in [-0.15, -0.1) is 0 Å². The molecule has 0 aromatic heterocycles. The molecule has 0 aliphatic heterocycles. The van der Waals surface area contributed by atoms with Gasteiger partial charge in [0.15, 0.2) is 0 Å². The molecule has 1 aliphatic rings. The number of nitrogens with two attached hydrogens (primary N) is 1. The third kappa shape index (κ3) is 4.58. The van der Waals surface area contributed by atoms with Crippen LogP contribution in [0.3, 0.4) is 0 Å². The molecule has 1 rings (SSSR count). The molecule has 0 saturated heterocycles. The van der Waals surface area contributed by atoms with Crippen molar-refractivity contribution in [1.82, 2.24) is 5.32 Å². The maximum absolute atomic E-state index is 12.2. The van der Waals surface area contributed by atoms with Gasteiger partial charge in [-0.3, -0.25) is 4.79 Å². The van der Waals surface area contributed by atoms with Gasteiger partial charge >= 0.3 is 0 Å². The summed E-state index contributed by atoms with van der Waals surface area (Å²) >= 11 is 0. The van der Waals surface area contributed by atoms with E-state index in [4.69, 9.17) is 10.8 Å². The van der Waals surface area contributed by atoms with Crippen LogP contribution in [0.15, 0.2) is 0 Å². The summed E-state index contributed by atoms with van der Waals surface area (Å²) in [7, 11) is 0. The summed E-state index contributed by atoms with van der Waals surface area (Å²) in [6.07, 6.45) is 4.28. The molecule has 4 nitrogen and oxygen atoms in total. The highest BCUT2D eigenvalue weighted by molar-refractivity contribution is 5.79. The van der Waals surface area contributed by atoms with Crippen molar-refractivity contribution in [2.24, 2.45) is 17.1 Å². The van der Waals surface area contributed by atoms with Crippen molar-refractivity contribution in [1.29, 1.82) is 0 Å². The van der Waals surface area contributed by atoms with Crippen LogP contribution in [0.25, 0.3) is 0 Å². The number of aliphatic hydroxyl groups is 1. The number of rotatable bonds is 4. The Morgan fingerprint density at radius 3 is 2.33 bits per heavy atom. The van der Waals surface area contributed by atoms with Gasteiger partial charge in [-0.25, -0.2) is 0 Å². The third-order valence-electron chi connectivity index (χ3n) is 3.92. The van der Waals surface area contributed by atoms with Crippen LogP contribution in [0.1, 0.15) is 52.9 Å². The van der Waals surface area contributed by atoms with Crippen LogP contribution in [-0.2, 0) is 4.79 Å². The molecular formula is C14H28N2O2. The number of amides is 1. The Balaban J connectivity index is 2.51. The van der Waals surface area contributed by atoms with E-state index in [1.54, 1.807) is 0 Å². The van der Waals surface area contributed by atoms with Crippen LogP contribution in [0.4, 0.5) is 0 Å². The molecule has 1 unspecified atom stereocenters. The summed E-state index contributed by atoms with van der Waals surface area (Å²) in [5, 5.41) is 12.2. The lowest BCUT2D eigenvalue weighted by atomic mass is 9.82. The third-order valence-corrected chi connectivity index (χ3v) is 3.92. The maximum atomic E-state index is 12.2. The van der Waals surface area contributed by atoms with Crippen LogP contribution in [0.5, 0.6) is 0 Å². The van der Waals surface area contributed by atoms with Crippen molar-refractivity contribution in [3.05, 3.63) is 0 Å². The minimum Gasteiger partial charge on any atom is -0.396 e. The van der Waals surface area contributed by atoms with Crippen molar-refractivity contribution < 1.29 is 9.90 Å². The van der Waals surface area contributed by atoms with E-state index in [1.807, 2.05) is 0 Å². The molecule has 0 heterocycles. The summed E-state index contributed by atoms with van der Waals surface area (Å²) in [4.78, 5) is 12.2. The summed E-state index contributed by atoms with van der Waals surface area (Å²) in [6, 6.07) is 0.301. The van der Waals surface area contributed by atoms with E-state index in [2.05, 4.69) is 26.1 Å². The monoisotopic (exact) mass is 256 g/mol. The number of carbonyl (C=O) groups excluding carboxylic acids is 1. The quantitative estimate of drug-likeness (QED) is 0.712. The molecule has 1 atom stereocenters. The van der Waals surface area contributed by atoms with E-state index < -0.39 is 0 Å². The molecule has 18 heavy (non-hydrogen) atoms. The molecule has 4 heteroatoms. The van der Waals surface area contributed by atoms with Gasteiger partial charge in [0.2, 0.25) is 5.91 Å². The second kappa shape index (κ2) is 6.53. The maximum Gasteiger partial charge on any atom is 0.223 e. The predicted molar refractivity (Wildman–Crippen MR) is 73.0 cm³/mol. The summed E-state index contributed by atoms with van der Waals surface area (Å²) in [5.74, 6) is 0.239. The van der Waals surface area contributed by atoms with Crippen LogP contribution in [0.2, 0.25) is 0 Å². The van der Waals surface area contributed by atoms with Crippen LogP contribution < -0.4 is 11.1 Å². The Morgan fingerprint density at radius 2 is 1.89 bits per heavy atom. The fourth-order valence-corrected chi connectivity index (χ4v) is 2.52. The van der Waals surface area contributed by atoms with Gasteiger partial charge in [0.05, 0.1) is 0 Å². The summed E-state index contributed by atoms with van der Waals surface area (Å²) in [5.41, 5.74) is 5.83. The van der Waals surface area contributed by atoms with Gasteiger partial charge in [0.1, 0.15) is 0 Å². The number of carbonyl (C=O) groups is 1. The van der Waals surface area contributed by atoms with Gasteiger partial charge in [-0.05, 0) is 37.5 Å². The molecule has 1 amide bonds. The normalized spacial score (nSPS) is 26.7. The lowest BCUT2D eigenvalue weighted by Gasteiger charge is -2.33. The van der Waals surface area contributed by atoms with E-state index in [0.717, 1.165) is 25.7 Å². The fourth-order valence-electron chi connectivity index (χ4n) is 2.52. The smallest absolute Gasteiger partial charge is 0.223 e. The Morgan fingerprint density at radius 1 is 1.33 bits per heavy atom. The van der Waals surface area contributed by atoms with E-state index >= 15 is 0 Å². The van der Waals surface area contributed by atoms with E-state index in [9.17, 15) is 4.79 Å². The zero-order valence-electron chi connectivity index (χ0n) is 11.9. The van der Waals surface area contributed by atoms with Gasteiger partial charge in [-0.1, -0.05) is 20.8 Å². The highest BCUT2D eigenvalue weighted by atomic mass is 16.3. The topological polar surface area (TPSA) is 75.3 Å². The predicted octanol–water partition coefficient (Wildman–Crippen LogP) is 1.42. The highest BCUT2D eigenvalue weighted by Gasteiger charge is 2.30. The van der Waals surface area contributed by atoms with Crippen molar-refractivity contribution >= 4 is 5.91 Å². The molecule has 106 valence electrons. The Kier molecular flexibility index (Phi) is 5.60. The Bertz CT molecular complexity index is 265. The second-order valence-corrected chi connectivity index (χ2v) is 6.55. The first-order valence-corrected chi connectivity index (χ1v) is 7.01. The van der Waals surface area contributed by atoms with Gasteiger partial charge in [-0.2, -0.15) is 0 Å². The van der Waals surface area contributed by atoms with E-state index in [0.29, 0.717) is 6.42 Å². The minimum atomic E-state index is -0.0243. The van der Waals surface area contributed by atoms with Gasteiger partial charge < -0.3 is 16.2 Å². The largest absolute Gasteiger partial charge is 0.396 e. The lowest BCUT2D eigenvalue weighted by molar-refractivity contribution is -0.127. The molecule has 1 aliphatic carbocycles. The second-order valence-electron chi connectivity index (χ2n) is 6.55. The van der Waals surface area contributed by atoms with Crippen LogP contribution >= 0.6 is 0 Å². The van der Waals surface area contributed by atoms with Crippen molar-refractivity contribution in [2.45, 2.75) is 65.0 Å². The fraction of sp³-hybridized carbons (Fsp3) is 0.929. The molecule has 1 fully saturated rings. The van der Waals surface area contributed by atoms with Gasteiger partial charge in [0, 0.05) is 24.6 Å². The molecule has 0 radical (unpaired) electrons. The lowest BCUT2D eigenvalue weighted by Crippen LogP contribution is -2.47. The Labute approximate surface area is 110 Å². The van der Waals surface area contributed by atoms with Crippen LogP contribution in [0, 0.1) is 11.3 Å². The van der Waals surface area contributed by atoms with Crippen molar-refractivity contribution in [3.8, 4) is 0 Å². The molecule has 0 aromatic rings. The zero-order chi connectivity index (χ0) is 13.8. The SMILES string of the molecule is CC(C)(C)C(CCO)NC(=O)C1CCC(N)CC1. The standard InChI is InChI=1S/C14H28N2O2/c1-14(2,3)12(8-9-17)16-13(18)10-4-6-11(15)7-5-10/h10-12,17H,4-9,15H2,1-3H3,(H,16,18). The number of aliphatic hydroxyl groups excluding tert-OH is 1. The first kappa shape index (κ1) is 15.4. The molecule has 1 saturated carbocycles. The van der Waals surface area contributed by atoms with E-state index in [-0.39, 0.29) is 35.9 Å². The molecule has 0 aromatic carbocycles. The van der Waals surface area contributed by atoms with Crippen molar-refractivity contribution in [2.75, 3.05) is 6.61 Å². The number of hydrogen-bond acceptors (Lipinski definition) is 3. The Hall–Kier alpha value is -0.610. The minimum absolute atomic E-state index is 0.0243. The van der Waals surface area contributed by atoms with Crippen LogP contribution in [-0.4, -0.2) is 29.7 Å². The average molecular weight is 256 g/mol. The first-order valence-electron chi connectivity index (χ1n) is 7.01. The highest BCUT2D eigenvalue weighted by Crippen LogP contribution is 2.26. The van der Waals surface area contributed by atoms with Crippen molar-refractivity contribution in [3.63, 3.8) is 0 Å². The van der Waals surface area contributed by atoms with Gasteiger partial charge in [0.25, 0.3) is 0 Å². The molecular weight excluding hydrogens is 228 g/mol. The number of nitrogens with one attached hydrogen (secondary N) is 1. The van der Waals surface area contributed by atoms with E-state index in [1.165, 1.54) is 0 Å². The summed E-state index contributed by atoms with van der Waals surface area (Å²) in [6.45, 7) is 6.37. The molecule has 4 N–H and O–H groups in total. The molecule has 0 bridgehead atoms. The summed E-state index contributed by atoms with van der Waals surface area (Å²) < 4.78 is 0. The average Bonchev–Trinajstić information content (AvgIpc) is 2.28. The molecule has 0 spiro atoms.